The van der Waals surface area contributed by atoms with Crippen LogP contribution in [0.3, 0.4) is 0 Å². The predicted molar refractivity (Wildman–Crippen MR) is 271 cm³/mol. The number of nitrogens with one attached hydrogen (secondary N) is 4. The lowest BCUT2D eigenvalue weighted by atomic mass is 9.87. The molecule has 0 saturated carbocycles. The van der Waals surface area contributed by atoms with E-state index < -0.39 is 27.0 Å². The Labute approximate surface area is 412 Å². The van der Waals surface area contributed by atoms with E-state index in [-0.39, 0.29) is 26.9 Å². The van der Waals surface area contributed by atoms with Gasteiger partial charge in [-0.15, -0.1) is 0 Å². The summed E-state index contributed by atoms with van der Waals surface area (Å²) in [6, 6.07) is 15.8. The highest BCUT2D eigenvalue weighted by Crippen LogP contribution is 2.39. The van der Waals surface area contributed by atoms with Gasteiger partial charge in [-0.2, -0.15) is 10.1 Å². The molecule has 0 spiro atoms. The molecule has 8 rings (SSSR count). The van der Waals surface area contributed by atoms with Crippen LogP contribution in [0.2, 0.25) is 15.1 Å². The normalized spacial score (nSPS) is 15.2. The minimum atomic E-state index is -3.52. The first-order valence-corrected chi connectivity index (χ1v) is 25.4. The first kappa shape index (κ1) is 50.6. The Morgan fingerprint density at radius 1 is 0.809 bits per heavy atom. The average Bonchev–Trinajstić information content (AvgIpc) is 3.82. The number of nitrogens with zero attached hydrogens (tertiary/aromatic N) is 5. The zero-order valence-corrected chi connectivity index (χ0v) is 42.0. The van der Waals surface area contributed by atoms with Crippen LogP contribution in [0.4, 0.5) is 33.3 Å². The van der Waals surface area contributed by atoms with E-state index in [4.69, 9.17) is 50.0 Å². The van der Waals surface area contributed by atoms with E-state index in [1.165, 1.54) is 29.5 Å². The van der Waals surface area contributed by atoms with Gasteiger partial charge in [-0.1, -0.05) is 46.9 Å². The van der Waals surface area contributed by atoms with Gasteiger partial charge in [-0.3, -0.25) is 4.68 Å². The number of piperidine rings is 2. The van der Waals surface area contributed by atoms with Crippen LogP contribution in [0.15, 0.2) is 84.3 Å². The highest BCUT2D eigenvalue weighted by molar-refractivity contribution is 7.92. The highest BCUT2D eigenvalue weighted by Gasteiger charge is 2.25. The Hall–Kier alpha value is -5.23. The van der Waals surface area contributed by atoms with Crippen LogP contribution < -0.4 is 36.5 Å². The van der Waals surface area contributed by atoms with E-state index in [1.54, 1.807) is 57.3 Å². The van der Waals surface area contributed by atoms with Gasteiger partial charge in [0.2, 0.25) is 5.95 Å². The maximum Gasteiger partial charge on any atom is 0.229 e. The third-order valence-electron chi connectivity index (χ3n) is 11.9. The second kappa shape index (κ2) is 22.5. The second-order valence-electron chi connectivity index (χ2n) is 17.4. The van der Waals surface area contributed by atoms with Crippen molar-refractivity contribution in [2.45, 2.75) is 102 Å². The van der Waals surface area contributed by atoms with E-state index in [2.05, 4.69) is 60.4 Å². The number of halogens is 4. The minimum absolute atomic E-state index is 0.0121. The third-order valence-corrected chi connectivity index (χ3v) is 15.1. The van der Waals surface area contributed by atoms with E-state index in [0.717, 1.165) is 74.4 Å². The van der Waals surface area contributed by atoms with E-state index >= 15 is 0 Å². The summed E-state index contributed by atoms with van der Waals surface area (Å²) >= 11 is 18.7. The lowest BCUT2D eigenvalue weighted by Gasteiger charge is -2.26. The van der Waals surface area contributed by atoms with Crippen molar-refractivity contribution in [2.24, 2.45) is 0 Å². The number of benzene rings is 3. The van der Waals surface area contributed by atoms with Gasteiger partial charge in [0.15, 0.2) is 27.2 Å². The monoisotopic (exact) mass is 1010 g/mol. The molecule has 68 heavy (non-hydrogen) atoms. The molecule has 0 unspecified atom stereocenters. The second-order valence-corrected chi connectivity index (χ2v) is 21.1. The molecule has 0 bridgehead atoms. The van der Waals surface area contributed by atoms with E-state index in [1.807, 2.05) is 30.9 Å². The summed E-state index contributed by atoms with van der Waals surface area (Å²) in [5.74, 6) is 1.86. The van der Waals surface area contributed by atoms with Crippen LogP contribution in [0, 0.1) is 12.7 Å². The molecule has 0 aliphatic carbocycles. The predicted octanol–water partition coefficient (Wildman–Crippen LogP) is 11.4. The number of nitrogens with two attached hydrogens (primary N) is 1. The number of anilines is 5. The SMILES string of the molecule is C[C@@H](Oc1cc(-c2cnn(C3CCNCC3)c2)cnc1N)c1c(Cl)ccc(F)c1Cl.Cc1cc(Nc2ncc(Cl)c(Nc3ccccc3S(=O)(=O)C(C)C)n2)c(OC(C)C)cc1C1CCNCC1. The van der Waals surface area contributed by atoms with Crippen molar-refractivity contribution in [2.75, 3.05) is 42.5 Å². The van der Waals surface area contributed by atoms with Crippen LogP contribution in [-0.4, -0.2) is 70.7 Å². The fourth-order valence-electron chi connectivity index (χ4n) is 8.19. The third kappa shape index (κ3) is 12.1. The summed E-state index contributed by atoms with van der Waals surface area (Å²) in [7, 11) is -3.52. The van der Waals surface area contributed by atoms with Crippen molar-refractivity contribution in [1.29, 1.82) is 0 Å². The molecular formula is C49H58Cl3FN10O4S. The van der Waals surface area contributed by atoms with Gasteiger partial charge in [-0.05, 0) is 153 Å². The first-order chi connectivity index (χ1) is 32.5. The van der Waals surface area contributed by atoms with Crippen LogP contribution >= 0.6 is 34.8 Å². The Morgan fingerprint density at radius 2 is 1.51 bits per heavy atom. The summed E-state index contributed by atoms with van der Waals surface area (Å²) in [5.41, 5.74) is 11.8. The molecule has 0 radical (unpaired) electrons. The number of nitrogen functional groups attached to an aromatic ring is 1. The summed E-state index contributed by atoms with van der Waals surface area (Å²) < 4.78 is 53.8. The molecule has 3 aromatic carbocycles. The maximum absolute atomic E-state index is 13.9. The van der Waals surface area contributed by atoms with Crippen LogP contribution in [-0.2, 0) is 9.84 Å². The smallest absolute Gasteiger partial charge is 0.229 e. The molecule has 2 aliphatic rings. The number of para-hydroxylation sites is 1. The Morgan fingerprint density at radius 3 is 2.22 bits per heavy atom. The fourth-order valence-corrected chi connectivity index (χ4v) is 10.2. The number of hydrogen-bond donors (Lipinski definition) is 5. The summed E-state index contributed by atoms with van der Waals surface area (Å²) in [6.07, 6.45) is 10.6. The lowest BCUT2D eigenvalue weighted by Crippen LogP contribution is -2.29. The number of hydrogen-bond acceptors (Lipinski definition) is 13. The van der Waals surface area contributed by atoms with Gasteiger partial charge in [0.25, 0.3) is 0 Å². The number of ether oxygens (including phenoxy) is 2. The first-order valence-electron chi connectivity index (χ1n) is 22.7. The van der Waals surface area contributed by atoms with Crippen molar-refractivity contribution >= 4 is 73.6 Å². The topological polar surface area (TPSA) is 183 Å². The molecular weight excluding hydrogens is 950 g/mol. The van der Waals surface area contributed by atoms with Crippen LogP contribution in [0.25, 0.3) is 11.1 Å². The fraction of sp³-hybridized carbons (Fsp3) is 0.388. The van der Waals surface area contributed by atoms with Gasteiger partial charge in [0, 0.05) is 34.1 Å². The van der Waals surface area contributed by atoms with Crippen molar-refractivity contribution in [3.8, 4) is 22.6 Å². The molecule has 2 saturated heterocycles. The molecule has 6 N–H and O–H groups in total. The van der Waals surface area contributed by atoms with Crippen molar-refractivity contribution in [1.82, 2.24) is 35.4 Å². The molecule has 2 fully saturated rings. The molecule has 3 aromatic heterocycles. The Balaban J connectivity index is 0.000000207. The molecule has 6 aromatic rings. The van der Waals surface area contributed by atoms with Crippen molar-refractivity contribution in [3.63, 3.8) is 0 Å². The van der Waals surface area contributed by atoms with Crippen LogP contribution in [0.5, 0.6) is 11.5 Å². The van der Waals surface area contributed by atoms with Crippen molar-refractivity contribution < 1.29 is 22.3 Å². The number of sulfone groups is 1. The molecule has 362 valence electrons. The number of rotatable bonds is 14. The highest BCUT2D eigenvalue weighted by atomic mass is 35.5. The van der Waals surface area contributed by atoms with Crippen LogP contribution in [0.1, 0.15) is 95.1 Å². The number of pyridine rings is 1. The standard InChI is InChI=1S/C28H36ClN5O3S.C21H22Cl2FN5O/c1-17(2)37-25-15-21(20-10-12-30-13-11-20)19(5)14-24(25)33-28-31-16-22(29)27(34-28)32-23-8-6-7-9-26(23)38(35,36)18(3)4;1-12(19-16(22)2-3-17(24)20(19)23)30-18-8-13(9-27-21(18)25)14-10-28-29(11-14)15-4-6-26-7-5-15/h6-9,14-18,20,30H,10-13H2,1-5H3,(H2,31,32,33,34);2-3,8-12,15,26H,4-7H2,1H3,(H2,25,27)/t;12-/m.1/s1. The van der Waals surface area contributed by atoms with Gasteiger partial charge < -0.3 is 36.5 Å². The van der Waals surface area contributed by atoms with E-state index in [0.29, 0.717) is 45.7 Å². The summed E-state index contributed by atoms with van der Waals surface area (Å²) in [5, 5.41) is 17.6. The van der Waals surface area contributed by atoms with E-state index in [9.17, 15) is 12.8 Å². The minimum Gasteiger partial charge on any atom is -0.489 e. The zero-order valence-electron chi connectivity index (χ0n) is 38.9. The molecule has 2 aliphatic heterocycles. The molecule has 14 nitrogen and oxygen atoms in total. The number of aryl methyl sites for hydroxylation is 1. The number of aromatic nitrogens is 5. The van der Waals surface area contributed by atoms with Crippen molar-refractivity contribution in [3.05, 3.63) is 117 Å². The summed E-state index contributed by atoms with van der Waals surface area (Å²) in [4.78, 5) is 13.4. The van der Waals surface area contributed by atoms with Gasteiger partial charge >= 0.3 is 0 Å². The van der Waals surface area contributed by atoms with Gasteiger partial charge in [0.1, 0.15) is 22.7 Å². The largest absolute Gasteiger partial charge is 0.489 e. The summed E-state index contributed by atoms with van der Waals surface area (Å²) in [6.45, 7) is 15.2. The molecule has 0 amide bonds. The molecule has 19 heteroatoms. The molecule has 1 atom stereocenters. The Kier molecular flexibility index (Phi) is 16.7. The van der Waals surface area contributed by atoms with Gasteiger partial charge in [0.05, 0.1) is 51.1 Å². The average molecular weight is 1010 g/mol. The Bertz CT molecular complexity index is 2820. The zero-order chi connectivity index (χ0) is 48.7. The lowest BCUT2D eigenvalue weighted by molar-refractivity contribution is 0.227. The maximum atomic E-state index is 13.9. The quantitative estimate of drug-likeness (QED) is 0.0651. The molecule has 5 heterocycles. The van der Waals surface area contributed by atoms with Gasteiger partial charge in [-0.25, -0.2) is 22.8 Å².